The van der Waals surface area contributed by atoms with Gasteiger partial charge in [0.1, 0.15) is 6.04 Å². The number of amides is 2. The lowest BCUT2D eigenvalue weighted by Gasteiger charge is -2.25. The second-order valence-corrected chi connectivity index (χ2v) is 7.52. The van der Waals surface area contributed by atoms with Crippen molar-refractivity contribution < 1.29 is 14.3 Å². The number of halogens is 1. The molecule has 1 fully saturated rings. The van der Waals surface area contributed by atoms with Crippen LogP contribution in [0.2, 0.25) is 5.02 Å². The third-order valence-electron chi connectivity index (χ3n) is 4.12. The molecule has 1 unspecified atom stereocenters. The van der Waals surface area contributed by atoms with Gasteiger partial charge in [0, 0.05) is 35.6 Å². The molecule has 9 heteroatoms. The first-order valence-electron chi connectivity index (χ1n) is 8.63. The lowest BCUT2D eigenvalue weighted by atomic mass is 10.2. The van der Waals surface area contributed by atoms with E-state index in [0.717, 1.165) is 38.5 Å². The number of nitrogens with one attached hydrogen (secondary N) is 2. The highest BCUT2D eigenvalue weighted by Crippen LogP contribution is 2.17. The third kappa shape index (κ3) is 5.74. The Hall–Kier alpha value is -2.00. The van der Waals surface area contributed by atoms with Crippen molar-refractivity contribution in [3.8, 4) is 0 Å². The molecule has 2 amide bonds. The quantitative estimate of drug-likeness (QED) is 0.766. The van der Waals surface area contributed by atoms with Gasteiger partial charge in [-0.2, -0.15) is 0 Å². The van der Waals surface area contributed by atoms with Crippen LogP contribution in [0.5, 0.6) is 0 Å². The van der Waals surface area contributed by atoms with Crippen molar-refractivity contribution in [1.29, 1.82) is 0 Å². The second-order valence-electron chi connectivity index (χ2n) is 6.22. The maximum Gasteiger partial charge on any atom is 0.251 e. The van der Waals surface area contributed by atoms with Crippen molar-refractivity contribution in [1.82, 2.24) is 15.2 Å². The number of rotatable bonds is 6. The first kappa shape index (κ1) is 19.8. The van der Waals surface area contributed by atoms with Gasteiger partial charge in [0.2, 0.25) is 5.91 Å². The molecule has 1 aromatic heterocycles. The summed E-state index contributed by atoms with van der Waals surface area (Å²) in [5.41, 5.74) is 1.36. The van der Waals surface area contributed by atoms with E-state index in [2.05, 4.69) is 20.5 Å². The highest BCUT2D eigenvalue weighted by Gasteiger charge is 2.18. The summed E-state index contributed by atoms with van der Waals surface area (Å²) in [6.07, 6.45) is 0. The molecule has 27 heavy (non-hydrogen) atoms. The first-order chi connectivity index (χ1) is 13.0. The fourth-order valence-corrected chi connectivity index (χ4v) is 3.42. The molecule has 2 N–H and O–H groups in total. The van der Waals surface area contributed by atoms with Crippen LogP contribution in [-0.2, 0) is 16.1 Å². The number of nitrogens with zero attached hydrogens (tertiary/aromatic N) is 2. The van der Waals surface area contributed by atoms with E-state index in [9.17, 15) is 9.59 Å². The van der Waals surface area contributed by atoms with Crippen LogP contribution < -0.4 is 10.6 Å². The molecule has 0 radical (unpaired) electrons. The largest absolute Gasteiger partial charge is 0.379 e. The number of aromatic nitrogens is 1. The Kier molecular flexibility index (Phi) is 6.78. The van der Waals surface area contributed by atoms with Crippen LogP contribution in [0.25, 0.3) is 0 Å². The van der Waals surface area contributed by atoms with E-state index in [1.807, 2.05) is 5.38 Å². The van der Waals surface area contributed by atoms with E-state index >= 15 is 0 Å². The average Bonchev–Trinajstić information content (AvgIpc) is 3.09. The van der Waals surface area contributed by atoms with Gasteiger partial charge in [0.25, 0.3) is 5.91 Å². The van der Waals surface area contributed by atoms with Crippen LogP contribution in [0, 0.1) is 0 Å². The number of morpholine rings is 1. The molecule has 2 aromatic rings. The van der Waals surface area contributed by atoms with Gasteiger partial charge in [-0.15, -0.1) is 11.3 Å². The number of hydrogen-bond donors (Lipinski definition) is 2. The van der Waals surface area contributed by atoms with E-state index in [1.54, 1.807) is 31.2 Å². The average molecular weight is 409 g/mol. The molecule has 0 saturated carbocycles. The highest BCUT2D eigenvalue weighted by molar-refractivity contribution is 7.13. The number of carbonyl (C=O) groups excluding carboxylic acids is 2. The zero-order valence-corrected chi connectivity index (χ0v) is 16.5. The standard InChI is InChI=1S/C18H21ClN4O3S/c1-12(20-17(25)13-2-4-14(19)5-3-13)16(24)22-18-21-15(11-27-18)10-23-6-8-26-9-7-23/h2-5,11-12H,6-10H2,1H3,(H,20,25)(H,21,22,24). The van der Waals surface area contributed by atoms with E-state index in [-0.39, 0.29) is 11.8 Å². The molecule has 1 atom stereocenters. The third-order valence-corrected chi connectivity index (χ3v) is 5.18. The molecule has 144 valence electrons. The lowest BCUT2D eigenvalue weighted by Crippen LogP contribution is -2.41. The maximum absolute atomic E-state index is 12.3. The molecule has 1 aromatic carbocycles. The Labute approximate surface area is 166 Å². The summed E-state index contributed by atoms with van der Waals surface area (Å²) < 4.78 is 5.33. The predicted molar refractivity (Wildman–Crippen MR) is 105 cm³/mol. The molecule has 1 aliphatic heterocycles. The van der Waals surface area contributed by atoms with E-state index in [0.29, 0.717) is 15.7 Å². The van der Waals surface area contributed by atoms with Crippen LogP contribution in [0.15, 0.2) is 29.6 Å². The van der Waals surface area contributed by atoms with Crippen LogP contribution in [-0.4, -0.2) is 54.0 Å². The van der Waals surface area contributed by atoms with Gasteiger partial charge in [0.05, 0.1) is 18.9 Å². The molecule has 2 heterocycles. The Morgan fingerprint density at radius 3 is 2.70 bits per heavy atom. The summed E-state index contributed by atoms with van der Waals surface area (Å²) in [7, 11) is 0. The molecule has 1 aliphatic rings. The number of carbonyl (C=O) groups is 2. The number of hydrogen-bond acceptors (Lipinski definition) is 6. The Balaban J connectivity index is 1.50. The zero-order valence-electron chi connectivity index (χ0n) is 14.9. The Bertz CT molecular complexity index is 790. The fourth-order valence-electron chi connectivity index (χ4n) is 2.59. The monoisotopic (exact) mass is 408 g/mol. The summed E-state index contributed by atoms with van der Waals surface area (Å²) in [5, 5.41) is 8.43. The van der Waals surface area contributed by atoms with Crippen molar-refractivity contribution in [2.75, 3.05) is 31.6 Å². The number of benzene rings is 1. The number of ether oxygens (including phenoxy) is 1. The number of thiazole rings is 1. The first-order valence-corrected chi connectivity index (χ1v) is 9.89. The minimum Gasteiger partial charge on any atom is -0.379 e. The van der Waals surface area contributed by atoms with Gasteiger partial charge in [0.15, 0.2) is 5.13 Å². The minimum absolute atomic E-state index is 0.315. The molecule has 1 saturated heterocycles. The smallest absolute Gasteiger partial charge is 0.251 e. The normalized spacial score (nSPS) is 15.9. The summed E-state index contributed by atoms with van der Waals surface area (Å²) >= 11 is 7.19. The summed E-state index contributed by atoms with van der Waals surface area (Å²) in [6.45, 7) is 5.60. The summed E-state index contributed by atoms with van der Waals surface area (Å²) in [4.78, 5) is 31.2. The molecular formula is C18H21ClN4O3S. The van der Waals surface area contributed by atoms with Gasteiger partial charge < -0.3 is 15.4 Å². The SMILES string of the molecule is CC(NC(=O)c1ccc(Cl)cc1)C(=O)Nc1nc(CN2CCOCC2)cs1. The minimum atomic E-state index is -0.695. The van der Waals surface area contributed by atoms with Crippen molar-refractivity contribution in [3.63, 3.8) is 0 Å². The summed E-state index contributed by atoms with van der Waals surface area (Å²) in [6, 6.07) is 5.79. The van der Waals surface area contributed by atoms with Crippen LogP contribution in [0.4, 0.5) is 5.13 Å². The van der Waals surface area contributed by atoms with Gasteiger partial charge >= 0.3 is 0 Å². The summed E-state index contributed by atoms with van der Waals surface area (Å²) in [5.74, 6) is -0.647. The second kappa shape index (κ2) is 9.27. The van der Waals surface area contributed by atoms with Crippen molar-refractivity contribution in [3.05, 3.63) is 45.9 Å². The Morgan fingerprint density at radius 1 is 1.30 bits per heavy atom. The van der Waals surface area contributed by atoms with E-state index < -0.39 is 6.04 Å². The predicted octanol–water partition coefficient (Wildman–Crippen LogP) is 2.39. The molecule has 0 bridgehead atoms. The van der Waals surface area contributed by atoms with Gasteiger partial charge in [-0.25, -0.2) is 4.98 Å². The maximum atomic E-state index is 12.3. The number of anilines is 1. The van der Waals surface area contributed by atoms with Crippen LogP contribution >= 0.6 is 22.9 Å². The van der Waals surface area contributed by atoms with Crippen LogP contribution in [0.3, 0.4) is 0 Å². The lowest BCUT2D eigenvalue weighted by molar-refractivity contribution is -0.117. The molecule has 3 rings (SSSR count). The van der Waals surface area contributed by atoms with Gasteiger partial charge in [-0.3, -0.25) is 14.5 Å². The fraction of sp³-hybridized carbons (Fsp3) is 0.389. The molecular weight excluding hydrogens is 388 g/mol. The molecule has 0 spiro atoms. The highest BCUT2D eigenvalue weighted by atomic mass is 35.5. The van der Waals surface area contributed by atoms with Crippen molar-refractivity contribution in [2.45, 2.75) is 19.5 Å². The zero-order chi connectivity index (χ0) is 19.2. The van der Waals surface area contributed by atoms with E-state index in [4.69, 9.17) is 16.3 Å². The van der Waals surface area contributed by atoms with Crippen LogP contribution in [0.1, 0.15) is 23.0 Å². The van der Waals surface area contributed by atoms with E-state index in [1.165, 1.54) is 11.3 Å². The van der Waals surface area contributed by atoms with Crippen molar-refractivity contribution >= 4 is 39.9 Å². The van der Waals surface area contributed by atoms with Gasteiger partial charge in [-0.1, -0.05) is 11.6 Å². The Morgan fingerprint density at radius 2 is 2.00 bits per heavy atom. The molecule has 7 nitrogen and oxygen atoms in total. The molecule has 0 aliphatic carbocycles. The van der Waals surface area contributed by atoms with Crippen molar-refractivity contribution in [2.24, 2.45) is 0 Å². The van der Waals surface area contributed by atoms with Gasteiger partial charge in [-0.05, 0) is 31.2 Å². The topological polar surface area (TPSA) is 83.6 Å².